The third-order valence-electron chi connectivity index (χ3n) is 6.21. The first kappa shape index (κ1) is 24.2. The maximum absolute atomic E-state index is 13.1. The van der Waals surface area contributed by atoms with Crippen LogP contribution in [0.2, 0.25) is 5.02 Å². The molecule has 2 N–H and O–H groups in total. The van der Waals surface area contributed by atoms with Crippen molar-refractivity contribution in [3.05, 3.63) is 65.2 Å². The highest BCUT2D eigenvalue weighted by Gasteiger charge is 2.35. The van der Waals surface area contributed by atoms with E-state index in [-0.39, 0.29) is 30.7 Å². The molecule has 34 heavy (non-hydrogen) atoms. The van der Waals surface area contributed by atoms with Gasteiger partial charge in [-0.15, -0.1) is 0 Å². The molecule has 2 aliphatic rings. The van der Waals surface area contributed by atoms with E-state index < -0.39 is 6.04 Å². The minimum absolute atomic E-state index is 0.102. The predicted molar refractivity (Wildman–Crippen MR) is 131 cm³/mol. The maximum atomic E-state index is 13.1. The molecule has 3 amide bonds. The van der Waals surface area contributed by atoms with Gasteiger partial charge in [-0.25, -0.2) is 0 Å². The predicted octanol–water partition coefficient (Wildman–Crippen LogP) is 1.81. The fourth-order valence-electron chi connectivity index (χ4n) is 4.40. The third-order valence-corrected chi connectivity index (χ3v) is 6.45. The van der Waals surface area contributed by atoms with E-state index in [9.17, 15) is 14.4 Å². The summed E-state index contributed by atoms with van der Waals surface area (Å²) in [5.41, 5.74) is 1.84. The summed E-state index contributed by atoms with van der Waals surface area (Å²) in [4.78, 5) is 44.3. The Bertz CT molecular complexity index is 1010. The molecule has 2 fully saturated rings. The van der Waals surface area contributed by atoms with Gasteiger partial charge < -0.3 is 15.5 Å². The first-order valence-electron chi connectivity index (χ1n) is 11.6. The number of anilines is 1. The number of carbonyl (C=O) groups is 3. The van der Waals surface area contributed by atoms with E-state index in [0.29, 0.717) is 23.8 Å². The number of benzene rings is 2. The molecule has 180 valence electrons. The number of piperazine rings is 2. The zero-order valence-corrected chi connectivity index (χ0v) is 19.8. The second kappa shape index (κ2) is 11.5. The van der Waals surface area contributed by atoms with Crippen LogP contribution in [0.5, 0.6) is 0 Å². The molecular weight excluding hydrogens is 454 g/mol. The van der Waals surface area contributed by atoms with E-state index >= 15 is 0 Å². The fraction of sp³-hybridized carbons (Fsp3) is 0.400. The number of hydrogen-bond acceptors (Lipinski definition) is 5. The first-order valence-corrected chi connectivity index (χ1v) is 12.0. The minimum atomic E-state index is -0.820. The number of amides is 3. The lowest BCUT2D eigenvalue weighted by molar-refractivity contribution is -0.145. The largest absolute Gasteiger partial charge is 0.353 e. The molecule has 1 atom stereocenters. The molecule has 2 aromatic rings. The molecule has 0 spiro atoms. The van der Waals surface area contributed by atoms with E-state index in [1.807, 2.05) is 18.2 Å². The van der Waals surface area contributed by atoms with Crippen molar-refractivity contribution in [2.45, 2.75) is 19.0 Å². The van der Waals surface area contributed by atoms with Gasteiger partial charge in [0, 0.05) is 56.5 Å². The number of hydrogen-bond donors (Lipinski definition) is 2. The van der Waals surface area contributed by atoms with Crippen LogP contribution in [0.25, 0.3) is 0 Å². The summed E-state index contributed by atoms with van der Waals surface area (Å²) < 4.78 is 0. The van der Waals surface area contributed by atoms with Crippen LogP contribution in [0.3, 0.4) is 0 Å². The summed E-state index contributed by atoms with van der Waals surface area (Å²) in [6, 6.07) is 16.4. The van der Waals surface area contributed by atoms with Gasteiger partial charge in [0.15, 0.2) is 0 Å². The van der Waals surface area contributed by atoms with Gasteiger partial charge in [0.2, 0.25) is 17.7 Å². The highest BCUT2D eigenvalue weighted by molar-refractivity contribution is 6.30. The van der Waals surface area contributed by atoms with Crippen molar-refractivity contribution in [1.29, 1.82) is 0 Å². The van der Waals surface area contributed by atoms with Gasteiger partial charge in [-0.2, -0.15) is 0 Å². The summed E-state index contributed by atoms with van der Waals surface area (Å²) in [6.07, 6.45) is -0.102. The molecular formula is C25H30ClN5O3. The first-order chi connectivity index (χ1) is 16.5. The van der Waals surface area contributed by atoms with Crippen molar-refractivity contribution in [2.24, 2.45) is 0 Å². The van der Waals surface area contributed by atoms with Crippen molar-refractivity contribution in [1.82, 2.24) is 20.0 Å². The van der Waals surface area contributed by atoms with Crippen molar-refractivity contribution in [3.63, 3.8) is 0 Å². The lowest BCUT2D eigenvalue weighted by atomic mass is 10.1. The average Bonchev–Trinajstić information content (AvgIpc) is 2.82. The Morgan fingerprint density at radius 3 is 2.44 bits per heavy atom. The summed E-state index contributed by atoms with van der Waals surface area (Å²) in [5, 5.41) is 6.04. The van der Waals surface area contributed by atoms with Crippen molar-refractivity contribution < 1.29 is 14.4 Å². The molecule has 2 aromatic carbocycles. The lowest BCUT2D eigenvalue weighted by Crippen LogP contribution is -2.60. The fourth-order valence-corrected chi connectivity index (χ4v) is 4.59. The van der Waals surface area contributed by atoms with E-state index in [1.165, 1.54) is 5.56 Å². The Kier molecular flexibility index (Phi) is 8.16. The van der Waals surface area contributed by atoms with Crippen molar-refractivity contribution in [3.8, 4) is 0 Å². The zero-order chi connectivity index (χ0) is 23.9. The van der Waals surface area contributed by atoms with Crippen LogP contribution in [-0.4, -0.2) is 84.3 Å². The number of halogens is 1. The topological polar surface area (TPSA) is 85.0 Å². The molecule has 0 aromatic heterocycles. The minimum Gasteiger partial charge on any atom is -0.353 e. The van der Waals surface area contributed by atoms with Crippen LogP contribution in [0.15, 0.2) is 54.6 Å². The molecule has 0 saturated carbocycles. The standard InChI is InChI=1S/C25H30ClN5O3/c26-20-7-4-8-21(15-20)28-23(32)16-22-25(34)27-9-10-31(22)24(33)18-30-13-11-29(12-14-30)17-19-5-2-1-3-6-19/h1-8,15,22H,9-14,16-18H2,(H,27,34)(H,28,32). The molecule has 2 aliphatic heterocycles. The van der Waals surface area contributed by atoms with Gasteiger partial charge in [-0.3, -0.25) is 24.2 Å². The van der Waals surface area contributed by atoms with Gasteiger partial charge in [0.1, 0.15) is 6.04 Å². The molecule has 9 heteroatoms. The van der Waals surface area contributed by atoms with Crippen LogP contribution in [0.4, 0.5) is 5.69 Å². The molecule has 0 aliphatic carbocycles. The second-order valence-electron chi connectivity index (χ2n) is 8.69. The van der Waals surface area contributed by atoms with Gasteiger partial charge in [-0.1, -0.05) is 48.0 Å². The van der Waals surface area contributed by atoms with Crippen molar-refractivity contribution in [2.75, 3.05) is 51.1 Å². The lowest BCUT2D eigenvalue weighted by Gasteiger charge is -2.38. The van der Waals surface area contributed by atoms with Gasteiger partial charge in [0.05, 0.1) is 13.0 Å². The summed E-state index contributed by atoms with van der Waals surface area (Å²) in [5.74, 6) is -0.753. The second-order valence-corrected chi connectivity index (χ2v) is 9.13. The molecule has 2 saturated heterocycles. The van der Waals surface area contributed by atoms with Gasteiger partial charge in [-0.05, 0) is 23.8 Å². The van der Waals surface area contributed by atoms with Crippen LogP contribution in [-0.2, 0) is 20.9 Å². The summed E-state index contributed by atoms with van der Waals surface area (Å²) in [7, 11) is 0. The van der Waals surface area contributed by atoms with Crippen LogP contribution >= 0.6 is 11.6 Å². The Morgan fingerprint density at radius 1 is 0.971 bits per heavy atom. The molecule has 1 unspecified atom stereocenters. The Labute approximate surface area is 204 Å². The molecule has 4 rings (SSSR count). The SMILES string of the molecule is O=C(CC1C(=O)NCCN1C(=O)CN1CCN(Cc2ccccc2)CC1)Nc1cccc(Cl)c1. The number of carbonyl (C=O) groups excluding carboxylic acids is 3. The van der Waals surface area contributed by atoms with E-state index in [0.717, 1.165) is 32.7 Å². The Hall–Kier alpha value is -2.94. The monoisotopic (exact) mass is 483 g/mol. The van der Waals surface area contributed by atoms with Gasteiger partial charge >= 0.3 is 0 Å². The smallest absolute Gasteiger partial charge is 0.243 e. The Balaban J connectivity index is 1.29. The number of nitrogens with one attached hydrogen (secondary N) is 2. The van der Waals surface area contributed by atoms with Crippen molar-refractivity contribution >= 4 is 35.0 Å². The quantitative estimate of drug-likeness (QED) is 0.627. The van der Waals surface area contributed by atoms with Crippen LogP contribution in [0.1, 0.15) is 12.0 Å². The number of rotatable bonds is 7. The van der Waals surface area contributed by atoms with E-state index in [2.05, 4.69) is 32.6 Å². The van der Waals surface area contributed by atoms with E-state index in [4.69, 9.17) is 11.6 Å². The highest BCUT2D eigenvalue weighted by Crippen LogP contribution is 2.17. The normalized spacial score (nSPS) is 19.5. The Morgan fingerprint density at radius 2 is 1.71 bits per heavy atom. The average molecular weight is 484 g/mol. The van der Waals surface area contributed by atoms with Crippen LogP contribution < -0.4 is 10.6 Å². The summed E-state index contributed by atoms with van der Waals surface area (Å²) in [6.45, 7) is 5.28. The third kappa shape index (κ3) is 6.56. The van der Waals surface area contributed by atoms with Crippen LogP contribution in [0, 0.1) is 0 Å². The molecule has 8 nitrogen and oxygen atoms in total. The molecule has 2 heterocycles. The van der Waals surface area contributed by atoms with Gasteiger partial charge in [0.25, 0.3) is 0 Å². The zero-order valence-electron chi connectivity index (χ0n) is 19.1. The summed E-state index contributed by atoms with van der Waals surface area (Å²) >= 11 is 5.97. The highest BCUT2D eigenvalue weighted by atomic mass is 35.5. The van der Waals surface area contributed by atoms with E-state index in [1.54, 1.807) is 29.2 Å². The number of nitrogens with zero attached hydrogens (tertiary/aromatic N) is 3. The maximum Gasteiger partial charge on any atom is 0.243 e. The molecule has 0 radical (unpaired) electrons. The molecule has 0 bridgehead atoms.